The van der Waals surface area contributed by atoms with Gasteiger partial charge in [0.05, 0.1) is 17.3 Å². The number of anilines is 1. The van der Waals surface area contributed by atoms with Gasteiger partial charge < -0.3 is 20.7 Å². The number of ether oxygens (including phenoxy) is 1. The average molecular weight is 424 g/mol. The van der Waals surface area contributed by atoms with Gasteiger partial charge in [0.1, 0.15) is 5.82 Å². The van der Waals surface area contributed by atoms with Crippen LogP contribution < -0.4 is 15.8 Å². The molecule has 0 fully saturated rings. The van der Waals surface area contributed by atoms with Gasteiger partial charge in [0.15, 0.2) is 11.6 Å². The smallest absolute Gasteiger partial charge is 0.403 e. The Hall–Kier alpha value is -3.30. The maximum Gasteiger partial charge on any atom is 0.573 e. The summed E-state index contributed by atoms with van der Waals surface area (Å²) < 4.78 is 55.5. The molecule has 2 aromatic rings. The fraction of sp³-hybridized carbons (Fsp3) is 0.300. The molecule has 160 valence electrons. The van der Waals surface area contributed by atoms with E-state index in [9.17, 15) is 22.4 Å². The molecular formula is C20H20F4N4O2. The third-order valence-corrected chi connectivity index (χ3v) is 4.74. The van der Waals surface area contributed by atoms with E-state index in [0.29, 0.717) is 23.6 Å². The number of aromatic nitrogens is 1. The molecule has 0 saturated carbocycles. The van der Waals surface area contributed by atoms with Gasteiger partial charge in [-0.3, -0.25) is 4.79 Å². The van der Waals surface area contributed by atoms with Crippen molar-refractivity contribution in [2.24, 2.45) is 5.73 Å². The molecule has 1 aliphatic heterocycles. The van der Waals surface area contributed by atoms with Gasteiger partial charge in [-0.2, -0.15) is 0 Å². The summed E-state index contributed by atoms with van der Waals surface area (Å²) in [6.07, 6.45) is -3.08. The number of carbonyl (C=O) groups is 1. The topological polar surface area (TPSA) is 80.5 Å². The lowest BCUT2D eigenvalue weighted by Crippen LogP contribution is -2.46. The van der Waals surface area contributed by atoms with Crippen molar-refractivity contribution in [3.63, 3.8) is 0 Å². The van der Waals surface area contributed by atoms with E-state index in [-0.39, 0.29) is 6.54 Å². The van der Waals surface area contributed by atoms with Crippen LogP contribution in [0.5, 0.6) is 5.75 Å². The van der Waals surface area contributed by atoms with E-state index in [4.69, 9.17) is 5.73 Å². The summed E-state index contributed by atoms with van der Waals surface area (Å²) in [5.41, 5.74) is 7.72. The Morgan fingerprint density at radius 1 is 1.33 bits per heavy atom. The van der Waals surface area contributed by atoms with Crippen LogP contribution >= 0.6 is 0 Å². The van der Waals surface area contributed by atoms with Crippen molar-refractivity contribution in [1.82, 2.24) is 9.88 Å². The van der Waals surface area contributed by atoms with Crippen LogP contribution in [0.3, 0.4) is 0 Å². The molecule has 10 heteroatoms. The van der Waals surface area contributed by atoms with Crippen LogP contribution in [0.1, 0.15) is 29.3 Å². The number of alkyl halides is 3. The number of halogens is 4. The molecule has 30 heavy (non-hydrogen) atoms. The fourth-order valence-corrected chi connectivity index (χ4v) is 3.20. The minimum atomic E-state index is -5.07. The number of hydrogen-bond acceptors (Lipinski definition) is 5. The highest BCUT2D eigenvalue weighted by Crippen LogP contribution is 2.30. The van der Waals surface area contributed by atoms with Crippen LogP contribution in [0.4, 0.5) is 23.4 Å². The lowest BCUT2D eigenvalue weighted by Gasteiger charge is -2.35. The number of hydrogen-bond donors (Lipinski definition) is 2. The fourth-order valence-electron chi connectivity index (χ4n) is 3.20. The number of rotatable bonds is 4. The Morgan fingerprint density at radius 2 is 2.07 bits per heavy atom. The van der Waals surface area contributed by atoms with Gasteiger partial charge in [-0.1, -0.05) is 6.07 Å². The van der Waals surface area contributed by atoms with Crippen LogP contribution in [0, 0.1) is 12.7 Å². The Bertz CT molecular complexity index is 991. The minimum absolute atomic E-state index is 0.193. The van der Waals surface area contributed by atoms with Crippen molar-refractivity contribution in [3.05, 3.63) is 64.9 Å². The molecule has 0 radical (unpaired) electrons. The molecule has 2 heterocycles. The Labute approximate surface area is 170 Å². The SMILES string of the molecule is Cc1ccnc(NC2=C(N)C(C)N(C(=O)c3cccc(OC(F)(F)F)c3F)CC2)c1. The second-order valence-corrected chi connectivity index (χ2v) is 6.87. The van der Waals surface area contributed by atoms with E-state index < -0.39 is 35.4 Å². The largest absolute Gasteiger partial charge is 0.573 e. The van der Waals surface area contributed by atoms with Gasteiger partial charge >= 0.3 is 6.36 Å². The van der Waals surface area contributed by atoms with E-state index in [1.165, 1.54) is 4.90 Å². The number of pyridine rings is 1. The summed E-state index contributed by atoms with van der Waals surface area (Å²) >= 11 is 0. The Morgan fingerprint density at radius 3 is 2.73 bits per heavy atom. The van der Waals surface area contributed by atoms with Gasteiger partial charge in [-0.05, 0) is 43.7 Å². The summed E-state index contributed by atoms with van der Waals surface area (Å²) in [7, 11) is 0. The summed E-state index contributed by atoms with van der Waals surface area (Å²) in [5.74, 6) is -2.61. The highest BCUT2D eigenvalue weighted by Gasteiger charge is 2.35. The summed E-state index contributed by atoms with van der Waals surface area (Å²) in [5, 5.41) is 3.13. The van der Waals surface area contributed by atoms with Gasteiger partial charge in [-0.25, -0.2) is 9.37 Å². The molecule has 1 aliphatic rings. The molecule has 0 spiro atoms. The van der Waals surface area contributed by atoms with Crippen LogP contribution in [0.2, 0.25) is 0 Å². The molecule has 6 nitrogen and oxygen atoms in total. The lowest BCUT2D eigenvalue weighted by molar-refractivity contribution is -0.275. The van der Waals surface area contributed by atoms with E-state index in [1.807, 2.05) is 19.1 Å². The molecule has 1 amide bonds. The summed E-state index contributed by atoms with van der Waals surface area (Å²) in [4.78, 5) is 18.4. The first-order valence-corrected chi connectivity index (χ1v) is 9.10. The van der Waals surface area contributed by atoms with Gasteiger partial charge in [0, 0.05) is 24.9 Å². The van der Waals surface area contributed by atoms with Gasteiger partial charge in [0.25, 0.3) is 5.91 Å². The van der Waals surface area contributed by atoms with Crippen molar-refractivity contribution >= 4 is 11.7 Å². The van der Waals surface area contributed by atoms with Crippen molar-refractivity contribution in [3.8, 4) is 5.75 Å². The second kappa shape index (κ2) is 8.21. The first kappa shape index (κ1) is 21.4. The molecule has 0 bridgehead atoms. The second-order valence-electron chi connectivity index (χ2n) is 6.87. The Kier molecular flexibility index (Phi) is 5.86. The van der Waals surface area contributed by atoms with Crippen LogP contribution in [0.15, 0.2) is 47.9 Å². The number of benzene rings is 1. The minimum Gasteiger partial charge on any atom is -0.403 e. The molecular weight excluding hydrogens is 404 g/mol. The third kappa shape index (κ3) is 4.64. The zero-order valence-corrected chi connectivity index (χ0v) is 16.3. The number of nitrogens with zero attached hydrogens (tertiary/aromatic N) is 2. The summed E-state index contributed by atoms with van der Waals surface area (Å²) in [6, 6.07) is 6.12. The highest BCUT2D eigenvalue weighted by atomic mass is 19.4. The van der Waals surface area contributed by atoms with Crippen molar-refractivity contribution in [2.45, 2.75) is 32.7 Å². The highest BCUT2D eigenvalue weighted by molar-refractivity contribution is 5.95. The van der Waals surface area contributed by atoms with Crippen molar-refractivity contribution in [2.75, 3.05) is 11.9 Å². The molecule has 3 N–H and O–H groups in total. The number of carbonyl (C=O) groups excluding carboxylic acids is 1. The van der Waals surface area contributed by atoms with Crippen LogP contribution in [0.25, 0.3) is 0 Å². The quantitative estimate of drug-likeness (QED) is 0.727. The van der Waals surface area contributed by atoms with E-state index in [1.54, 1.807) is 13.1 Å². The monoisotopic (exact) mass is 424 g/mol. The van der Waals surface area contributed by atoms with Gasteiger partial charge in [-0.15, -0.1) is 13.2 Å². The number of aryl methyl sites for hydroxylation is 1. The summed E-state index contributed by atoms with van der Waals surface area (Å²) in [6.45, 7) is 3.77. The normalized spacial score (nSPS) is 17.1. The Balaban J connectivity index is 1.82. The van der Waals surface area contributed by atoms with Gasteiger partial charge in [0.2, 0.25) is 0 Å². The van der Waals surface area contributed by atoms with E-state index >= 15 is 0 Å². The molecule has 0 saturated heterocycles. The van der Waals surface area contributed by atoms with Crippen molar-refractivity contribution in [1.29, 1.82) is 0 Å². The van der Waals surface area contributed by atoms with Crippen LogP contribution in [-0.4, -0.2) is 34.7 Å². The maximum absolute atomic E-state index is 14.5. The number of nitrogens with two attached hydrogens (primary N) is 1. The maximum atomic E-state index is 14.5. The van der Waals surface area contributed by atoms with Crippen molar-refractivity contribution < 1.29 is 27.1 Å². The molecule has 1 aromatic carbocycles. The average Bonchev–Trinajstić information content (AvgIpc) is 2.66. The lowest BCUT2D eigenvalue weighted by atomic mass is 10.0. The predicted octanol–water partition coefficient (Wildman–Crippen LogP) is 3.94. The predicted molar refractivity (Wildman–Crippen MR) is 102 cm³/mol. The molecule has 3 rings (SSSR count). The molecule has 1 atom stereocenters. The third-order valence-electron chi connectivity index (χ3n) is 4.74. The van der Waals surface area contributed by atoms with Crippen LogP contribution in [-0.2, 0) is 0 Å². The molecule has 1 unspecified atom stereocenters. The van der Waals surface area contributed by atoms with E-state index in [0.717, 1.165) is 23.8 Å². The zero-order chi connectivity index (χ0) is 22.1. The molecule has 0 aliphatic carbocycles. The number of amides is 1. The number of nitrogens with one attached hydrogen (secondary N) is 1. The van der Waals surface area contributed by atoms with E-state index in [2.05, 4.69) is 15.0 Å². The first-order valence-electron chi connectivity index (χ1n) is 9.10. The standard InChI is InChI=1S/C20H20F4N4O2/c1-11-6-8-26-16(10-11)27-14-7-9-28(12(2)18(14)25)19(29)13-4-3-5-15(17(13)21)30-20(22,23)24/h3-6,8,10,12H,7,9,25H2,1-2H3,(H,26,27). The first-order chi connectivity index (χ1) is 14.1. The zero-order valence-electron chi connectivity index (χ0n) is 16.3. The molecule has 1 aromatic heterocycles.